The predicted molar refractivity (Wildman–Crippen MR) is 98.3 cm³/mol. The Morgan fingerprint density at radius 1 is 1.45 bits per heavy atom. The van der Waals surface area contributed by atoms with E-state index in [0.717, 1.165) is 49.4 Å². The number of piperidine rings is 1. The largest absolute Gasteiger partial charge is 0.387 e. The number of nitrogens with zero attached hydrogens (tertiary/aromatic N) is 2. The Bertz CT molecular complexity index is 314. The first-order valence-corrected chi connectivity index (χ1v) is 8.62. The molecule has 0 saturated carbocycles. The highest BCUT2D eigenvalue weighted by molar-refractivity contribution is 14.0. The van der Waals surface area contributed by atoms with Gasteiger partial charge in [-0.1, -0.05) is 6.92 Å². The van der Waals surface area contributed by atoms with Gasteiger partial charge in [-0.15, -0.1) is 24.0 Å². The van der Waals surface area contributed by atoms with Gasteiger partial charge in [0.1, 0.15) is 0 Å². The lowest BCUT2D eigenvalue weighted by Crippen LogP contribution is -2.46. The Kier molecular flexibility index (Phi) is 7.97. The molecule has 0 aliphatic carbocycles. The van der Waals surface area contributed by atoms with Crippen LogP contribution in [0.4, 0.5) is 0 Å². The van der Waals surface area contributed by atoms with Gasteiger partial charge in [0.05, 0.1) is 12.1 Å². The molecule has 2 aliphatic rings. The summed E-state index contributed by atoms with van der Waals surface area (Å²) in [7, 11) is 0. The monoisotopic (exact) mass is 413 g/mol. The van der Waals surface area contributed by atoms with Crippen LogP contribution in [0.1, 0.15) is 33.1 Å². The molecule has 0 spiro atoms. The Morgan fingerprint density at radius 2 is 2.15 bits per heavy atom. The maximum absolute atomic E-state index is 10.4. The summed E-state index contributed by atoms with van der Waals surface area (Å²) in [6.45, 7) is 8.01. The lowest BCUT2D eigenvalue weighted by atomic mass is 9.99. The molecule has 2 heterocycles. The van der Waals surface area contributed by atoms with Gasteiger partial charge in [-0.2, -0.15) is 11.8 Å². The van der Waals surface area contributed by atoms with Crippen molar-refractivity contribution in [1.29, 1.82) is 0 Å². The number of guanidine groups is 1. The molecule has 1 unspecified atom stereocenters. The Hall–Kier alpha value is 0.310. The van der Waals surface area contributed by atoms with E-state index in [4.69, 9.17) is 0 Å². The van der Waals surface area contributed by atoms with Crippen molar-refractivity contribution in [2.45, 2.75) is 38.7 Å². The second-order valence-corrected chi connectivity index (χ2v) is 6.97. The van der Waals surface area contributed by atoms with Crippen molar-refractivity contribution in [2.75, 3.05) is 37.7 Å². The first-order valence-electron chi connectivity index (χ1n) is 7.46. The van der Waals surface area contributed by atoms with Crippen LogP contribution in [0, 0.1) is 5.92 Å². The molecule has 0 aromatic heterocycles. The van der Waals surface area contributed by atoms with E-state index in [1.807, 2.05) is 11.8 Å². The molecule has 0 radical (unpaired) electrons. The van der Waals surface area contributed by atoms with Crippen LogP contribution < -0.4 is 5.32 Å². The molecule has 0 aromatic carbocycles. The summed E-state index contributed by atoms with van der Waals surface area (Å²) in [6.07, 6.45) is 3.35. The fourth-order valence-electron chi connectivity index (χ4n) is 2.59. The molecular weight excluding hydrogens is 385 g/mol. The molecule has 0 aromatic rings. The fourth-order valence-corrected chi connectivity index (χ4v) is 3.87. The fraction of sp³-hybridized carbons (Fsp3) is 0.929. The lowest BCUT2D eigenvalue weighted by molar-refractivity contribution is 0.0774. The van der Waals surface area contributed by atoms with Crippen LogP contribution in [-0.4, -0.2) is 59.3 Å². The van der Waals surface area contributed by atoms with Crippen molar-refractivity contribution in [3.8, 4) is 0 Å². The van der Waals surface area contributed by atoms with Crippen LogP contribution in [0.15, 0.2) is 4.99 Å². The number of hydrogen-bond acceptors (Lipinski definition) is 3. The SMILES string of the molecule is CCNC(=NCC1(O)CCSC1)N1CCC(C)CC1.I. The number of likely N-dealkylation sites (tertiary alicyclic amines) is 1. The zero-order valence-corrected chi connectivity index (χ0v) is 15.7. The summed E-state index contributed by atoms with van der Waals surface area (Å²) in [4.78, 5) is 7.03. The normalized spacial score (nSPS) is 28.4. The average molecular weight is 413 g/mol. The first kappa shape index (κ1) is 18.4. The van der Waals surface area contributed by atoms with Gasteiger partial charge >= 0.3 is 0 Å². The Balaban J connectivity index is 0.00000200. The van der Waals surface area contributed by atoms with E-state index in [2.05, 4.69) is 29.1 Å². The molecule has 2 fully saturated rings. The van der Waals surface area contributed by atoms with Gasteiger partial charge in [-0.05, 0) is 37.9 Å². The smallest absolute Gasteiger partial charge is 0.194 e. The van der Waals surface area contributed by atoms with Gasteiger partial charge in [0.2, 0.25) is 0 Å². The first-order chi connectivity index (χ1) is 9.13. The standard InChI is InChI=1S/C14H27N3OS.HI/c1-3-15-13(17-7-4-12(2)5-8-17)16-10-14(18)6-9-19-11-14;/h12,18H,3-11H2,1-2H3,(H,15,16);1H. The van der Waals surface area contributed by atoms with E-state index < -0.39 is 5.60 Å². The zero-order valence-electron chi connectivity index (χ0n) is 12.6. The van der Waals surface area contributed by atoms with Gasteiger partial charge in [-0.3, -0.25) is 4.99 Å². The summed E-state index contributed by atoms with van der Waals surface area (Å²) < 4.78 is 0. The maximum Gasteiger partial charge on any atom is 0.194 e. The summed E-state index contributed by atoms with van der Waals surface area (Å²) >= 11 is 1.83. The van der Waals surface area contributed by atoms with Crippen LogP contribution in [0.3, 0.4) is 0 Å². The molecule has 2 aliphatic heterocycles. The number of nitrogens with one attached hydrogen (secondary N) is 1. The number of halogens is 1. The van der Waals surface area contributed by atoms with E-state index >= 15 is 0 Å². The molecule has 4 nitrogen and oxygen atoms in total. The molecule has 0 amide bonds. The van der Waals surface area contributed by atoms with Gasteiger partial charge in [0.25, 0.3) is 0 Å². The molecule has 6 heteroatoms. The van der Waals surface area contributed by atoms with E-state index in [1.165, 1.54) is 12.8 Å². The van der Waals surface area contributed by atoms with Crippen molar-refractivity contribution in [3.63, 3.8) is 0 Å². The summed E-state index contributed by atoms with van der Waals surface area (Å²) in [5.41, 5.74) is -0.575. The lowest BCUT2D eigenvalue weighted by Gasteiger charge is -2.33. The van der Waals surface area contributed by atoms with Crippen molar-refractivity contribution < 1.29 is 5.11 Å². The average Bonchev–Trinajstić information content (AvgIpc) is 2.83. The van der Waals surface area contributed by atoms with E-state index in [9.17, 15) is 5.11 Å². The summed E-state index contributed by atoms with van der Waals surface area (Å²) in [6, 6.07) is 0. The van der Waals surface area contributed by atoms with E-state index in [-0.39, 0.29) is 24.0 Å². The third-order valence-electron chi connectivity index (χ3n) is 4.02. The van der Waals surface area contributed by atoms with Crippen LogP contribution in [0.25, 0.3) is 0 Å². The molecule has 2 saturated heterocycles. The van der Waals surface area contributed by atoms with Crippen molar-refractivity contribution in [2.24, 2.45) is 10.9 Å². The molecule has 0 bridgehead atoms. The number of thioether (sulfide) groups is 1. The highest BCUT2D eigenvalue weighted by Crippen LogP contribution is 2.28. The zero-order chi connectivity index (χ0) is 13.7. The number of rotatable bonds is 3. The topological polar surface area (TPSA) is 47.9 Å². The van der Waals surface area contributed by atoms with Gasteiger partial charge in [0.15, 0.2) is 5.96 Å². The molecule has 2 rings (SSSR count). The van der Waals surface area contributed by atoms with Crippen LogP contribution in [0.2, 0.25) is 0 Å². The van der Waals surface area contributed by atoms with Crippen molar-refractivity contribution in [1.82, 2.24) is 10.2 Å². The highest BCUT2D eigenvalue weighted by atomic mass is 127. The third kappa shape index (κ3) is 5.26. The quantitative estimate of drug-likeness (QED) is 0.423. The molecule has 118 valence electrons. The third-order valence-corrected chi connectivity index (χ3v) is 5.26. The molecule has 20 heavy (non-hydrogen) atoms. The highest BCUT2D eigenvalue weighted by Gasteiger charge is 2.31. The van der Waals surface area contributed by atoms with Gasteiger partial charge in [0, 0.05) is 25.4 Å². The minimum atomic E-state index is -0.575. The number of hydrogen-bond donors (Lipinski definition) is 2. The van der Waals surface area contributed by atoms with Crippen molar-refractivity contribution in [3.05, 3.63) is 0 Å². The molecule has 1 atom stereocenters. The van der Waals surface area contributed by atoms with E-state index in [0.29, 0.717) is 6.54 Å². The molecular formula is C14H28IN3OS. The van der Waals surface area contributed by atoms with E-state index in [1.54, 1.807) is 0 Å². The van der Waals surface area contributed by atoms with Crippen molar-refractivity contribution >= 4 is 41.7 Å². The minimum absolute atomic E-state index is 0. The van der Waals surface area contributed by atoms with Crippen LogP contribution >= 0.6 is 35.7 Å². The number of aliphatic imine (C=N–C) groups is 1. The van der Waals surface area contributed by atoms with Crippen LogP contribution in [0.5, 0.6) is 0 Å². The number of aliphatic hydroxyl groups is 1. The molecule has 2 N–H and O–H groups in total. The Labute approximate surface area is 144 Å². The van der Waals surface area contributed by atoms with Gasteiger partial charge < -0.3 is 15.3 Å². The minimum Gasteiger partial charge on any atom is -0.387 e. The second kappa shape index (κ2) is 8.68. The second-order valence-electron chi connectivity index (χ2n) is 5.87. The summed E-state index contributed by atoms with van der Waals surface area (Å²) in [5, 5.41) is 13.7. The predicted octanol–water partition coefficient (Wildman–Crippen LogP) is 2.17. The Morgan fingerprint density at radius 3 is 2.70 bits per heavy atom. The maximum atomic E-state index is 10.4. The van der Waals surface area contributed by atoms with Crippen LogP contribution in [-0.2, 0) is 0 Å². The summed E-state index contributed by atoms with van der Waals surface area (Å²) in [5.74, 6) is 3.70. The van der Waals surface area contributed by atoms with Gasteiger partial charge in [-0.25, -0.2) is 0 Å².